The number of carbonyl (C=O) groups excluding carboxylic acids is 2. The molecule has 5 rings (SSSR count). The quantitative estimate of drug-likeness (QED) is 0.363. The number of fused-ring (bicyclic) bond motifs is 1. The lowest BCUT2D eigenvalue weighted by molar-refractivity contribution is -0.125. The first-order valence-corrected chi connectivity index (χ1v) is 11.1. The Hall–Kier alpha value is -4.50. The summed E-state index contributed by atoms with van der Waals surface area (Å²) in [5, 5.41) is 8.67. The highest BCUT2D eigenvalue weighted by atomic mass is 35.5. The summed E-state index contributed by atoms with van der Waals surface area (Å²) >= 11 is 6.19. The number of primary amides is 1. The van der Waals surface area contributed by atoms with Gasteiger partial charge in [-0.25, -0.2) is 9.67 Å². The maximum absolute atomic E-state index is 13.8. The van der Waals surface area contributed by atoms with Crippen LogP contribution < -0.4 is 10.6 Å². The maximum atomic E-state index is 13.8. The lowest BCUT2D eigenvalue weighted by Gasteiger charge is -2.30. The van der Waals surface area contributed by atoms with Crippen LogP contribution in [0.3, 0.4) is 0 Å². The van der Waals surface area contributed by atoms with Crippen molar-refractivity contribution in [1.82, 2.24) is 25.0 Å². The highest BCUT2D eigenvalue weighted by Crippen LogP contribution is 2.31. The molecular formula is C25H20ClN7O2. The van der Waals surface area contributed by atoms with Gasteiger partial charge in [0.05, 0.1) is 23.7 Å². The zero-order valence-electron chi connectivity index (χ0n) is 18.4. The van der Waals surface area contributed by atoms with Crippen molar-refractivity contribution in [3.63, 3.8) is 0 Å². The van der Waals surface area contributed by atoms with Gasteiger partial charge in [-0.15, -0.1) is 5.10 Å². The van der Waals surface area contributed by atoms with Crippen LogP contribution in [-0.4, -0.2) is 36.8 Å². The fraction of sp³-hybridized carbons (Fsp3) is 0.0800. The van der Waals surface area contributed by atoms with Gasteiger partial charge in [0.25, 0.3) is 0 Å². The summed E-state index contributed by atoms with van der Waals surface area (Å²) in [6.07, 6.45) is 3.29. The van der Waals surface area contributed by atoms with Crippen molar-refractivity contribution < 1.29 is 9.59 Å². The van der Waals surface area contributed by atoms with Crippen molar-refractivity contribution in [3.05, 3.63) is 95.9 Å². The van der Waals surface area contributed by atoms with Gasteiger partial charge in [-0.1, -0.05) is 53.2 Å². The third-order valence-electron chi connectivity index (χ3n) is 5.62. The van der Waals surface area contributed by atoms with Crippen LogP contribution in [0.4, 0.5) is 5.69 Å². The van der Waals surface area contributed by atoms with Gasteiger partial charge in [-0.2, -0.15) is 0 Å². The third-order valence-corrected chi connectivity index (χ3v) is 5.86. The molecule has 2 amide bonds. The van der Waals surface area contributed by atoms with E-state index in [0.29, 0.717) is 27.3 Å². The van der Waals surface area contributed by atoms with Gasteiger partial charge in [0, 0.05) is 10.7 Å². The number of halogens is 1. The number of amides is 2. The molecule has 2 heterocycles. The van der Waals surface area contributed by atoms with Gasteiger partial charge in [0.15, 0.2) is 0 Å². The van der Waals surface area contributed by atoms with E-state index in [0.717, 1.165) is 11.3 Å². The van der Waals surface area contributed by atoms with E-state index in [1.54, 1.807) is 48.9 Å². The molecule has 0 saturated heterocycles. The van der Waals surface area contributed by atoms with Crippen LogP contribution in [-0.2, 0) is 16.1 Å². The molecule has 174 valence electrons. The van der Waals surface area contributed by atoms with Crippen molar-refractivity contribution >= 4 is 40.1 Å². The predicted molar refractivity (Wildman–Crippen MR) is 132 cm³/mol. The van der Waals surface area contributed by atoms with Gasteiger partial charge in [-0.3, -0.25) is 14.5 Å². The van der Waals surface area contributed by atoms with Crippen LogP contribution >= 0.6 is 11.6 Å². The van der Waals surface area contributed by atoms with E-state index < -0.39 is 17.9 Å². The standard InChI is InChI=1S/C25H20ClN7O2/c26-18-5-3-4-17(12-18)24(25(27)35)33(19-10-8-16(9-11-19)21-13-28-15-29-21)23(34)14-32-22-7-2-1-6-20(22)30-31-32/h1-13,15,24H,14H2,(H2,27,35)(H,28,29). The molecule has 5 aromatic rings. The number of H-pyrrole nitrogens is 1. The van der Waals surface area contributed by atoms with Crippen molar-refractivity contribution in [1.29, 1.82) is 0 Å². The van der Waals surface area contributed by atoms with Crippen LogP contribution in [0, 0.1) is 0 Å². The Morgan fingerprint density at radius 2 is 1.86 bits per heavy atom. The van der Waals surface area contributed by atoms with Crippen LogP contribution in [0.15, 0.2) is 85.3 Å². The van der Waals surface area contributed by atoms with E-state index in [2.05, 4.69) is 20.3 Å². The van der Waals surface area contributed by atoms with Gasteiger partial charge in [0.1, 0.15) is 18.1 Å². The SMILES string of the molecule is NC(=O)C(c1cccc(Cl)c1)N(C(=O)Cn1nnc2ccccc21)c1ccc(-c2cnc[nH]2)cc1. The molecule has 0 saturated carbocycles. The summed E-state index contributed by atoms with van der Waals surface area (Å²) in [5.41, 5.74) is 9.90. The first-order valence-electron chi connectivity index (χ1n) is 10.7. The van der Waals surface area contributed by atoms with E-state index in [1.807, 2.05) is 36.4 Å². The lowest BCUT2D eigenvalue weighted by Crippen LogP contribution is -2.43. The number of nitrogens with one attached hydrogen (secondary N) is 1. The summed E-state index contributed by atoms with van der Waals surface area (Å²) in [6.45, 7) is -0.146. The average Bonchev–Trinajstić information content (AvgIpc) is 3.53. The Morgan fingerprint density at radius 3 is 2.57 bits per heavy atom. The molecule has 3 N–H and O–H groups in total. The monoisotopic (exact) mass is 485 g/mol. The van der Waals surface area contributed by atoms with E-state index in [9.17, 15) is 9.59 Å². The number of aromatic amines is 1. The molecule has 9 nitrogen and oxygen atoms in total. The Labute approximate surface area is 205 Å². The van der Waals surface area contributed by atoms with E-state index in [1.165, 1.54) is 9.58 Å². The Kier molecular flexibility index (Phi) is 5.99. The minimum atomic E-state index is -1.09. The summed E-state index contributed by atoms with van der Waals surface area (Å²) in [7, 11) is 0. The molecule has 0 aliphatic heterocycles. The number of nitrogens with zero attached hydrogens (tertiary/aromatic N) is 5. The van der Waals surface area contributed by atoms with Crippen molar-refractivity contribution in [2.45, 2.75) is 12.6 Å². The molecular weight excluding hydrogens is 466 g/mol. The zero-order chi connectivity index (χ0) is 24.4. The van der Waals surface area contributed by atoms with E-state index in [4.69, 9.17) is 17.3 Å². The predicted octanol–water partition coefficient (Wildman–Crippen LogP) is 3.73. The number of hydrogen-bond acceptors (Lipinski definition) is 5. The Bertz CT molecular complexity index is 1500. The highest BCUT2D eigenvalue weighted by Gasteiger charge is 2.32. The van der Waals surface area contributed by atoms with Gasteiger partial charge >= 0.3 is 0 Å². The van der Waals surface area contributed by atoms with Gasteiger partial charge in [-0.05, 0) is 47.5 Å². The summed E-state index contributed by atoms with van der Waals surface area (Å²) in [4.78, 5) is 35.0. The molecule has 0 bridgehead atoms. The normalized spacial score (nSPS) is 11.9. The lowest BCUT2D eigenvalue weighted by atomic mass is 10.0. The second-order valence-corrected chi connectivity index (χ2v) is 8.31. The summed E-state index contributed by atoms with van der Waals surface area (Å²) in [6, 6.07) is 20.2. The maximum Gasteiger partial charge on any atom is 0.249 e. The Morgan fingerprint density at radius 1 is 1.06 bits per heavy atom. The zero-order valence-corrected chi connectivity index (χ0v) is 19.1. The molecule has 0 spiro atoms. The number of benzene rings is 3. The van der Waals surface area contributed by atoms with Crippen molar-refractivity contribution in [3.8, 4) is 11.3 Å². The minimum absolute atomic E-state index is 0.146. The largest absolute Gasteiger partial charge is 0.368 e. The third kappa shape index (κ3) is 4.49. The average molecular weight is 486 g/mol. The highest BCUT2D eigenvalue weighted by molar-refractivity contribution is 6.30. The first kappa shape index (κ1) is 22.3. The number of nitrogens with two attached hydrogens (primary N) is 1. The number of carbonyl (C=O) groups is 2. The second kappa shape index (κ2) is 9.40. The Balaban J connectivity index is 1.57. The molecule has 35 heavy (non-hydrogen) atoms. The van der Waals surface area contributed by atoms with Crippen LogP contribution in [0.1, 0.15) is 11.6 Å². The molecule has 1 atom stereocenters. The molecule has 2 aromatic heterocycles. The van der Waals surface area contributed by atoms with Crippen molar-refractivity contribution in [2.24, 2.45) is 5.73 Å². The van der Waals surface area contributed by atoms with E-state index >= 15 is 0 Å². The molecule has 3 aromatic carbocycles. The van der Waals surface area contributed by atoms with Gasteiger partial charge in [0.2, 0.25) is 11.8 Å². The van der Waals surface area contributed by atoms with Gasteiger partial charge < -0.3 is 10.7 Å². The number of para-hydroxylation sites is 1. The fourth-order valence-electron chi connectivity index (χ4n) is 4.01. The fourth-order valence-corrected chi connectivity index (χ4v) is 4.21. The molecule has 0 aliphatic rings. The summed E-state index contributed by atoms with van der Waals surface area (Å²) < 4.78 is 1.50. The first-order chi connectivity index (χ1) is 17.0. The second-order valence-electron chi connectivity index (χ2n) is 7.87. The summed E-state index contributed by atoms with van der Waals surface area (Å²) in [5.74, 6) is -1.08. The molecule has 10 heteroatoms. The minimum Gasteiger partial charge on any atom is -0.368 e. The van der Waals surface area contributed by atoms with Crippen LogP contribution in [0.25, 0.3) is 22.3 Å². The van der Waals surface area contributed by atoms with Crippen LogP contribution in [0.2, 0.25) is 5.02 Å². The number of imidazole rings is 1. The smallest absolute Gasteiger partial charge is 0.249 e. The van der Waals surface area contributed by atoms with E-state index in [-0.39, 0.29) is 6.54 Å². The number of hydrogen-bond donors (Lipinski definition) is 2. The number of anilines is 1. The number of rotatable bonds is 7. The topological polar surface area (TPSA) is 123 Å². The molecule has 0 radical (unpaired) electrons. The molecule has 0 aliphatic carbocycles. The van der Waals surface area contributed by atoms with Crippen LogP contribution in [0.5, 0.6) is 0 Å². The molecule has 1 unspecified atom stereocenters. The molecule has 0 fully saturated rings. The number of aromatic nitrogens is 5. The van der Waals surface area contributed by atoms with Crippen molar-refractivity contribution in [2.75, 3.05) is 4.90 Å².